The molecule has 0 bridgehead atoms. The van der Waals surface area contributed by atoms with Gasteiger partial charge in [0.25, 0.3) is 0 Å². The summed E-state index contributed by atoms with van der Waals surface area (Å²) in [6, 6.07) is 11.2. The average molecular weight is 236 g/mol. The van der Waals surface area contributed by atoms with Crippen LogP contribution in [-0.4, -0.2) is 21.2 Å². The number of hydrogen-bond acceptors (Lipinski definition) is 3. The quantitative estimate of drug-likeness (QED) is 0.797. The van der Waals surface area contributed by atoms with Crippen molar-refractivity contribution in [3.8, 4) is 6.07 Å². The molecule has 0 saturated carbocycles. The van der Waals surface area contributed by atoms with Gasteiger partial charge in [-0.05, 0) is 11.6 Å². The van der Waals surface area contributed by atoms with Crippen LogP contribution in [0.5, 0.6) is 0 Å². The standard InChI is InChI=1S/C11H12N2O2S/c1-16(14,15)13-9-11(8-12)7-10-5-3-2-4-6-10/h2-7,13H,9H2,1H3/b11-7+. The van der Waals surface area contributed by atoms with Gasteiger partial charge in [-0.25, -0.2) is 13.1 Å². The lowest BCUT2D eigenvalue weighted by Crippen LogP contribution is -2.23. The van der Waals surface area contributed by atoms with Crippen LogP contribution >= 0.6 is 0 Å². The molecule has 0 aliphatic carbocycles. The summed E-state index contributed by atoms with van der Waals surface area (Å²) in [5.41, 5.74) is 1.24. The molecule has 0 fully saturated rings. The first-order chi connectivity index (χ1) is 7.51. The van der Waals surface area contributed by atoms with Crippen molar-refractivity contribution >= 4 is 16.1 Å². The Kier molecular flexibility index (Phi) is 4.23. The van der Waals surface area contributed by atoms with E-state index in [0.29, 0.717) is 5.57 Å². The predicted octanol–water partition coefficient (Wildman–Crippen LogP) is 1.14. The Morgan fingerprint density at radius 1 is 1.44 bits per heavy atom. The second-order valence-corrected chi connectivity index (χ2v) is 5.12. The van der Waals surface area contributed by atoms with Gasteiger partial charge in [-0.2, -0.15) is 5.26 Å². The van der Waals surface area contributed by atoms with Crippen molar-refractivity contribution in [1.82, 2.24) is 4.72 Å². The van der Waals surface area contributed by atoms with Crippen LogP contribution in [0.1, 0.15) is 5.56 Å². The molecule has 0 aromatic heterocycles. The molecule has 5 heteroatoms. The summed E-state index contributed by atoms with van der Waals surface area (Å²) < 4.78 is 24.0. The number of rotatable bonds is 4. The highest BCUT2D eigenvalue weighted by atomic mass is 32.2. The van der Waals surface area contributed by atoms with Crippen LogP contribution in [0.2, 0.25) is 0 Å². The van der Waals surface area contributed by atoms with Crippen molar-refractivity contribution in [3.05, 3.63) is 41.5 Å². The maximum absolute atomic E-state index is 10.9. The SMILES string of the molecule is CS(=O)(=O)NC/C(C#N)=C/c1ccccc1. The van der Waals surface area contributed by atoms with E-state index in [1.54, 1.807) is 6.08 Å². The third-order valence-corrected chi connectivity index (χ3v) is 2.48. The van der Waals surface area contributed by atoms with E-state index in [-0.39, 0.29) is 6.54 Å². The molecule has 0 saturated heterocycles. The zero-order chi connectivity index (χ0) is 12.0. The summed E-state index contributed by atoms with van der Waals surface area (Å²) in [5.74, 6) is 0. The highest BCUT2D eigenvalue weighted by Gasteiger charge is 2.02. The summed E-state index contributed by atoms with van der Waals surface area (Å²) >= 11 is 0. The molecule has 0 aliphatic heterocycles. The van der Waals surface area contributed by atoms with Gasteiger partial charge in [0.1, 0.15) is 0 Å². The monoisotopic (exact) mass is 236 g/mol. The van der Waals surface area contributed by atoms with E-state index >= 15 is 0 Å². The Morgan fingerprint density at radius 2 is 2.06 bits per heavy atom. The van der Waals surface area contributed by atoms with Crippen molar-refractivity contribution < 1.29 is 8.42 Å². The number of nitrogens with zero attached hydrogens (tertiary/aromatic N) is 1. The average Bonchev–Trinajstić information content (AvgIpc) is 2.24. The van der Waals surface area contributed by atoms with E-state index in [1.807, 2.05) is 36.4 Å². The van der Waals surface area contributed by atoms with Crippen LogP contribution in [0.15, 0.2) is 35.9 Å². The third kappa shape index (κ3) is 4.73. The van der Waals surface area contributed by atoms with Gasteiger partial charge in [0, 0.05) is 12.1 Å². The Hall–Kier alpha value is -1.64. The molecule has 0 spiro atoms. The zero-order valence-electron chi connectivity index (χ0n) is 8.84. The van der Waals surface area contributed by atoms with Crippen molar-refractivity contribution in [2.75, 3.05) is 12.8 Å². The number of benzene rings is 1. The maximum atomic E-state index is 10.9. The van der Waals surface area contributed by atoms with Gasteiger partial charge in [-0.15, -0.1) is 0 Å². The zero-order valence-corrected chi connectivity index (χ0v) is 9.66. The van der Waals surface area contributed by atoms with Crippen LogP contribution in [0.3, 0.4) is 0 Å². The van der Waals surface area contributed by atoms with Crippen molar-refractivity contribution in [2.45, 2.75) is 0 Å². The maximum Gasteiger partial charge on any atom is 0.209 e. The molecule has 0 amide bonds. The van der Waals surface area contributed by atoms with Gasteiger partial charge < -0.3 is 0 Å². The first-order valence-electron chi connectivity index (χ1n) is 4.61. The molecule has 84 valence electrons. The molecule has 0 atom stereocenters. The highest BCUT2D eigenvalue weighted by Crippen LogP contribution is 2.05. The first kappa shape index (κ1) is 12.4. The molecule has 16 heavy (non-hydrogen) atoms. The summed E-state index contributed by atoms with van der Waals surface area (Å²) in [4.78, 5) is 0. The topological polar surface area (TPSA) is 70.0 Å². The molecule has 1 aromatic rings. The molecular formula is C11H12N2O2S. The van der Waals surface area contributed by atoms with Crippen molar-refractivity contribution in [1.29, 1.82) is 5.26 Å². The Bertz CT molecular complexity index is 513. The van der Waals surface area contributed by atoms with E-state index in [1.165, 1.54) is 0 Å². The molecule has 0 heterocycles. The van der Waals surface area contributed by atoms with Crippen LogP contribution in [0.4, 0.5) is 0 Å². The minimum atomic E-state index is -3.26. The third-order valence-electron chi connectivity index (χ3n) is 1.81. The Morgan fingerprint density at radius 3 is 2.56 bits per heavy atom. The molecule has 1 rings (SSSR count). The van der Waals surface area contributed by atoms with Gasteiger partial charge in [-0.1, -0.05) is 30.3 Å². The van der Waals surface area contributed by atoms with Crippen LogP contribution < -0.4 is 4.72 Å². The Labute approximate surface area is 95.3 Å². The smallest absolute Gasteiger partial charge is 0.209 e. The van der Waals surface area contributed by atoms with Crippen molar-refractivity contribution in [2.24, 2.45) is 0 Å². The molecule has 1 aromatic carbocycles. The summed E-state index contributed by atoms with van der Waals surface area (Å²) in [7, 11) is -3.26. The number of nitriles is 1. The number of hydrogen-bond donors (Lipinski definition) is 1. The lowest BCUT2D eigenvalue weighted by Gasteiger charge is -2.00. The molecular weight excluding hydrogens is 224 g/mol. The molecule has 0 unspecified atom stereocenters. The predicted molar refractivity (Wildman–Crippen MR) is 62.9 cm³/mol. The van der Waals surface area contributed by atoms with E-state index in [0.717, 1.165) is 11.8 Å². The fourth-order valence-corrected chi connectivity index (χ4v) is 1.50. The Balaban J connectivity index is 2.77. The van der Waals surface area contributed by atoms with Gasteiger partial charge in [0.2, 0.25) is 10.0 Å². The second kappa shape index (κ2) is 5.45. The fourth-order valence-electron chi connectivity index (χ4n) is 1.08. The van der Waals surface area contributed by atoms with Crippen LogP contribution in [-0.2, 0) is 10.0 Å². The number of sulfonamides is 1. The van der Waals surface area contributed by atoms with Crippen LogP contribution in [0, 0.1) is 11.3 Å². The van der Waals surface area contributed by atoms with E-state index in [4.69, 9.17) is 5.26 Å². The lowest BCUT2D eigenvalue weighted by molar-refractivity contribution is 0.591. The number of nitrogens with one attached hydrogen (secondary N) is 1. The summed E-state index contributed by atoms with van der Waals surface area (Å²) in [5, 5.41) is 8.83. The second-order valence-electron chi connectivity index (χ2n) is 3.29. The van der Waals surface area contributed by atoms with E-state index in [9.17, 15) is 8.42 Å². The summed E-state index contributed by atoms with van der Waals surface area (Å²) in [6.07, 6.45) is 2.71. The summed E-state index contributed by atoms with van der Waals surface area (Å²) in [6.45, 7) is 0.0181. The van der Waals surface area contributed by atoms with Crippen molar-refractivity contribution in [3.63, 3.8) is 0 Å². The minimum absolute atomic E-state index is 0.0181. The lowest BCUT2D eigenvalue weighted by atomic mass is 10.1. The van der Waals surface area contributed by atoms with E-state index in [2.05, 4.69) is 4.72 Å². The fraction of sp³-hybridized carbons (Fsp3) is 0.182. The largest absolute Gasteiger partial charge is 0.213 e. The van der Waals surface area contributed by atoms with Gasteiger partial charge in [0.05, 0.1) is 12.3 Å². The molecule has 0 radical (unpaired) electrons. The van der Waals surface area contributed by atoms with E-state index < -0.39 is 10.0 Å². The highest BCUT2D eigenvalue weighted by molar-refractivity contribution is 7.88. The first-order valence-corrected chi connectivity index (χ1v) is 6.51. The minimum Gasteiger partial charge on any atom is -0.213 e. The normalized spacial score (nSPS) is 12.1. The van der Waals surface area contributed by atoms with Gasteiger partial charge in [0.15, 0.2) is 0 Å². The van der Waals surface area contributed by atoms with Crippen LogP contribution in [0.25, 0.3) is 6.08 Å². The molecule has 0 aliphatic rings. The molecule has 1 N–H and O–H groups in total. The molecule has 4 nitrogen and oxygen atoms in total. The van der Waals surface area contributed by atoms with Gasteiger partial charge in [-0.3, -0.25) is 0 Å². The van der Waals surface area contributed by atoms with Gasteiger partial charge >= 0.3 is 0 Å².